The fraction of sp³-hybridized carbons (Fsp3) is 0.207. The van der Waals surface area contributed by atoms with Crippen molar-refractivity contribution in [1.29, 1.82) is 0 Å². The second kappa shape index (κ2) is 10.1. The van der Waals surface area contributed by atoms with Gasteiger partial charge in [0.25, 0.3) is 5.91 Å². The number of carbonyl (C=O) groups excluding carboxylic acids is 1. The van der Waals surface area contributed by atoms with Gasteiger partial charge in [0.15, 0.2) is 12.0 Å². The molecule has 1 aliphatic rings. The van der Waals surface area contributed by atoms with Crippen molar-refractivity contribution in [2.75, 3.05) is 6.61 Å². The lowest BCUT2D eigenvalue weighted by Crippen LogP contribution is -2.44. The molecule has 1 aliphatic carbocycles. The van der Waals surface area contributed by atoms with Gasteiger partial charge in [-0.25, -0.2) is 9.37 Å². The van der Waals surface area contributed by atoms with Gasteiger partial charge in [0.1, 0.15) is 23.1 Å². The Bertz CT molecular complexity index is 1660. The largest absolute Gasteiger partial charge is 0.618 e. The Balaban J connectivity index is 1.25. The fourth-order valence-electron chi connectivity index (χ4n) is 4.99. The summed E-state index contributed by atoms with van der Waals surface area (Å²) in [5.74, 6) is 0.968. The zero-order chi connectivity index (χ0) is 26.9. The maximum atomic E-state index is 15.0. The van der Waals surface area contributed by atoms with E-state index in [-0.39, 0.29) is 17.9 Å². The molecule has 39 heavy (non-hydrogen) atoms. The lowest BCUT2D eigenvalue weighted by atomic mass is 9.79. The van der Waals surface area contributed by atoms with E-state index in [1.54, 1.807) is 71.4 Å². The molecule has 0 aliphatic heterocycles. The number of halogens is 1. The van der Waals surface area contributed by atoms with Gasteiger partial charge >= 0.3 is 0 Å². The first-order valence-electron chi connectivity index (χ1n) is 12.7. The third kappa shape index (κ3) is 4.54. The van der Waals surface area contributed by atoms with Crippen LogP contribution in [0.15, 0.2) is 79.1 Å². The molecular weight excluding hydrogens is 499 g/mol. The van der Waals surface area contributed by atoms with Crippen LogP contribution in [0.5, 0.6) is 5.75 Å². The second-order valence-electron chi connectivity index (χ2n) is 9.39. The van der Waals surface area contributed by atoms with Gasteiger partial charge in [-0.15, -0.1) is 10.2 Å². The van der Waals surface area contributed by atoms with E-state index in [0.29, 0.717) is 64.7 Å². The van der Waals surface area contributed by atoms with Gasteiger partial charge in [-0.05, 0) is 56.2 Å². The summed E-state index contributed by atoms with van der Waals surface area (Å²) in [7, 11) is 0. The van der Waals surface area contributed by atoms with Crippen LogP contribution in [0.25, 0.3) is 28.1 Å². The molecule has 0 bridgehead atoms. The highest BCUT2D eigenvalue weighted by molar-refractivity contribution is 6.05. The normalized spacial score (nSPS) is 16.6. The molecule has 0 atom stereocenters. The van der Waals surface area contributed by atoms with Crippen molar-refractivity contribution in [2.24, 2.45) is 0 Å². The Morgan fingerprint density at radius 2 is 1.95 bits per heavy atom. The molecule has 9 nitrogen and oxygen atoms in total. The first-order chi connectivity index (χ1) is 19.0. The summed E-state index contributed by atoms with van der Waals surface area (Å²) in [4.78, 5) is 17.6. The Morgan fingerprint density at radius 1 is 1.10 bits per heavy atom. The quantitative estimate of drug-likeness (QED) is 0.251. The predicted molar refractivity (Wildman–Crippen MR) is 142 cm³/mol. The number of hydrogen-bond acceptors (Lipinski definition) is 6. The number of carbonyl (C=O) groups is 1. The number of benzene rings is 2. The monoisotopic (exact) mass is 524 g/mol. The SMILES string of the molecule is CCOc1ccc(-c2nnc(C3CC(NC(=O)c4cccc5c4ccc[n+]5[O-])C3)n2-c2ccccc2F)nc1. The van der Waals surface area contributed by atoms with Crippen LogP contribution in [0.2, 0.25) is 0 Å². The molecule has 1 fully saturated rings. The molecule has 5 aromatic rings. The minimum Gasteiger partial charge on any atom is -0.618 e. The third-order valence-corrected chi connectivity index (χ3v) is 6.95. The van der Waals surface area contributed by atoms with E-state index in [4.69, 9.17) is 4.74 Å². The predicted octanol–water partition coefficient (Wildman–Crippen LogP) is 4.33. The Hall–Kier alpha value is -4.86. The molecule has 10 heteroatoms. The Labute approximate surface area is 223 Å². The van der Waals surface area contributed by atoms with Gasteiger partial charge in [0, 0.05) is 24.1 Å². The number of amides is 1. The van der Waals surface area contributed by atoms with E-state index in [2.05, 4.69) is 20.5 Å². The summed E-state index contributed by atoms with van der Waals surface area (Å²) in [6.07, 6.45) is 4.24. The van der Waals surface area contributed by atoms with Gasteiger partial charge < -0.3 is 15.3 Å². The van der Waals surface area contributed by atoms with Crippen molar-refractivity contribution in [2.45, 2.75) is 31.7 Å². The average molecular weight is 525 g/mol. The highest BCUT2D eigenvalue weighted by Gasteiger charge is 2.37. The van der Waals surface area contributed by atoms with Crippen molar-refractivity contribution in [1.82, 2.24) is 25.1 Å². The van der Waals surface area contributed by atoms with E-state index in [9.17, 15) is 14.4 Å². The molecule has 196 valence electrons. The number of nitrogens with one attached hydrogen (secondary N) is 1. The van der Waals surface area contributed by atoms with Crippen LogP contribution in [0.1, 0.15) is 41.9 Å². The second-order valence-corrected chi connectivity index (χ2v) is 9.39. The van der Waals surface area contributed by atoms with E-state index in [0.717, 1.165) is 4.73 Å². The summed E-state index contributed by atoms with van der Waals surface area (Å²) in [6, 6.07) is 18.4. The summed E-state index contributed by atoms with van der Waals surface area (Å²) >= 11 is 0. The van der Waals surface area contributed by atoms with E-state index in [1.807, 2.05) is 6.92 Å². The zero-order valence-corrected chi connectivity index (χ0v) is 21.1. The van der Waals surface area contributed by atoms with Crippen LogP contribution in [0, 0.1) is 11.0 Å². The molecular formula is C29H25FN6O3. The average Bonchev–Trinajstić information content (AvgIpc) is 3.35. The van der Waals surface area contributed by atoms with Gasteiger partial charge in [-0.1, -0.05) is 18.2 Å². The smallest absolute Gasteiger partial charge is 0.252 e. The topological polar surface area (TPSA) is 109 Å². The zero-order valence-electron chi connectivity index (χ0n) is 21.1. The van der Waals surface area contributed by atoms with Crippen LogP contribution < -0.4 is 14.8 Å². The molecule has 1 N–H and O–H groups in total. The number of ether oxygens (including phenoxy) is 1. The highest BCUT2D eigenvalue weighted by Crippen LogP contribution is 2.39. The number of nitrogens with zero attached hydrogens (tertiary/aromatic N) is 5. The molecule has 2 aromatic carbocycles. The number of fused-ring (bicyclic) bond motifs is 1. The van der Waals surface area contributed by atoms with Crippen molar-refractivity contribution >= 4 is 16.8 Å². The van der Waals surface area contributed by atoms with Gasteiger partial charge in [-0.3, -0.25) is 9.36 Å². The van der Waals surface area contributed by atoms with Gasteiger partial charge in [0.2, 0.25) is 5.52 Å². The number of aromatic nitrogens is 5. The first-order valence-corrected chi connectivity index (χ1v) is 12.7. The minimum absolute atomic E-state index is 0.0461. The van der Waals surface area contributed by atoms with Crippen LogP contribution in [-0.4, -0.2) is 38.3 Å². The number of para-hydroxylation sites is 1. The van der Waals surface area contributed by atoms with E-state index in [1.165, 1.54) is 12.3 Å². The summed E-state index contributed by atoms with van der Waals surface area (Å²) in [5.41, 5.74) is 1.75. The van der Waals surface area contributed by atoms with Crippen LogP contribution in [0.4, 0.5) is 4.39 Å². The molecule has 0 spiro atoms. The lowest BCUT2D eigenvalue weighted by molar-refractivity contribution is -0.577. The van der Waals surface area contributed by atoms with Crippen molar-refractivity contribution in [3.63, 3.8) is 0 Å². The Kier molecular flexibility index (Phi) is 6.36. The molecule has 3 heterocycles. The highest BCUT2D eigenvalue weighted by atomic mass is 19.1. The van der Waals surface area contributed by atoms with Crippen molar-refractivity contribution < 1.29 is 18.7 Å². The minimum atomic E-state index is -0.401. The maximum Gasteiger partial charge on any atom is 0.252 e. The van der Waals surface area contributed by atoms with Crippen molar-refractivity contribution in [3.8, 4) is 23.0 Å². The van der Waals surface area contributed by atoms with Crippen LogP contribution >= 0.6 is 0 Å². The van der Waals surface area contributed by atoms with Crippen LogP contribution in [0.3, 0.4) is 0 Å². The molecule has 3 aromatic heterocycles. The molecule has 0 saturated heterocycles. The standard InChI is InChI=1S/C29H25FN6O3/c1-2-39-20-12-13-24(31-17-20)28-34-33-27(36(28)26-10-4-3-9-23(26)30)18-15-19(16-18)32-29(37)22-7-5-11-25-21(22)8-6-14-35(25)38/h3-14,17-19H,2,15-16H2,1H3,(H,32,37). The Morgan fingerprint density at radius 3 is 2.72 bits per heavy atom. The summed E-state index contributed by atoms with van der Waals surface area (Å²) < 4.78 is 22.9. The maximum absolute atomic E-state index is 15.0. The third-order valence-electron chi connectivity index (χ3n) is 6.95. The number of pyridine rings is 2. The van der Waals surface area contributed by atoms with Crippen LogP contribution in [-0.2, 0) is 0 Å². The number of rotatable bonds is 7. The fourth-order valence-corrected chi connectivity index (χ4v) is 4.99. The molecule has 0 unspecified atom stereocenters. The van der Waals surface area contributed by atoms with E-state index >= 15 is 0 Å². The molecule has 0 radical (unpaired) electrons. The lowest BCUT2D eigenvalue weighted by Gasteiger charge is -2.35. The summed E-state index contributed by atoms with van der Waals surface area (Å²) in [5, 5.41) is 24.6. The van der Waals surface area contributed by atoms with Gasteiger partial charge in [-0.2, -0.15) is 4.73 Å². The summed E-state index contributed by atoms with van der Waals surface area (Å²) in [6.45, 7) is 2.42. The molecule has 6 rings (SSSR count). The number of hydrogen-bond donors (Lipinski definition) is 1. The molecule has 1 saturated carbocycles. The van der Waals surface area contributed by atoms with E-state index < -0.39 is 5.82 Å². The van der Waals surface area contributed by atoms with Crippen molar-refractivity contribution in [3.05, 3.63) is 102 Å². The first kappa shape index (κ1) is 24.5. The molecule has 1 amide bonds. The van der Waals surface area contributed by atoms with Gasteiger partial charge in [0.05, 0.1) is 29.4 Å².